The number of hydrogen-bond acceptors (Lipinski definition) is 0. The summed E-state index contributed by atoms with van der Waals surface area (Å²) < 4.78 is 2.34. The fourth-order valence-electron chi connectivity index (χ4n) is 6.00. The van der Waals surface area contributed by atoms with Gasteiger partial charge in [-0.25, -0.2) is 0 Å². The van der Waals surface area contributed by atoms with Gasteiger partial charge >= 0.3 is 0 Å². The Bertz CT molecular complexity index is 1060. The number of halogens is 2. The molecule has 0 radical (unpaired) electrons. The van der Waals surface area contributed by atoms with E-state index in [1.165, 1.54) is 113 Å². The summed E-state index contributed by atoms with van der Waals surface area (Å²) in [4.78, 5) is 0. The van der Waals surface area contributed by atoms with Gasteiger partial charge in [0.2, 0.25) is 0 Å². The van der Waals surface area contributed by atoms with Crippen molar-refractivity contribution in [2.45, 2.75) is 96.3 Å². The van der Waals surface area contributed by atoms with Crippen molar-refractivity contribution < 1.29 is 0 Å². The van der Waals surface area contributed by atoms with Gasteiger partial charge in [-0.1, -0.05) is 140 Å². The molecule has 1 aliphatic rings. The van der Waals surface area contributed by atoms with Crippen LogP contribution in [0.4, 0.5) is 0 Å². The van der Waals surface area contributed by atoms with Gasteiger partial charge in [-0.2, -0.15) is 0 Å². The number of fused-ring (bicyclic) bond motifs is 3. The van der Waals surface area contributed by atoms with E-state index >= 15 is 0 Å². The minimum Gasteiger partial charge on any atom is -0.0654 e. The molecule has 3 aromatic rings. The highest BCUT2D eigenvalue weighted by atomic mass is 79.9. The van der Waals surface area contributed by atoms with Gasteiger partial charge in [-0.15, -0.1) is 0 Å². The van der Waals surface area contributed by atoms with Gasteiger partial charge < -0.3 is 0 Å². The second-order valence-corrected chi connectivity index (χ2v) is 12.1. The van der Waals surface area contributed by atoms with Crippen molar-refractivity contribution in [3.05, 3.63) is 91.9 Å². The lowest BCUT2D eigenvalue weighted by molar-refractivity contribution is 0.505. The molecule has 0 atom stereocenters. The molecule has 0 aliphatic heterocycles. The quantitative estimate of drug-likeness (QED) is 0.172. The zero-order chi connectivity index (χ0) is 24.7. The van der Waals surface area contributed by atoms with Crippen LogP contribution in [0.2, 0.25) is 0 Å². The molecular weight excluding hydrogens is 556 g/mol. The fourth-order valence-corrected chi connectivity index (χ4v) is 6.72. The first-order valence-corrected chi connectivity index (χ1v) is 15.4. The summed E-state index contributed by atoms with van der Waals surface area (Å²) in [5, 5.41) is 0. The molecule has 0 fully saturated rings. The van der Waals surface area contributed by atoms with Crippen LogP contribution in [0.15, 0.2) is 69.6 Å². The summed E-state index contributed by atoms with van der Waals surface area (Å²) in [7, 11) is 0. The minimum absolute atomic E-state index is 0.0948. The van der Waals surface area contributed by atoms with E-state index < -0.39 is 0 Å². The van der Waals surface area contributed by atoms with E-state index in [4.69, 9.17) is 0 Å². The molecule has 4 rings (SSSR count). The third kappa shape index (κ3) is 5.96. The van der Waals surface area contributed by atoms with Crippen molar-refractivity contribution in [2.24, 2.45) is 0 Å². The average Bonchev–Trinajstić information content (AvgIpc) is 3.13. The third-order valence-electron chi connectivity index (χ3n) is 7.82. The maximum atomic E-state index is 3.81. The van der Waals surface area contributed by atoms with Gasteiger partial charge in [0.15, 0.2) is 0 Å². The first-order valence-electron chi connectivity index (χ1n) is 13.8. The zero-order valence-corrected chi connectivity index (χ0v) is 24.7. The second kappa shape index (κ2) is 12.7. The number of aryl methyl sites for hydroxylation is 1. The van der Waals surface area contributed by atoms with E-state index in [1.54, 1.807) is 0 Å². The second-order valence-electron chi connectivity index (χ2n) is 10.3. The Hall–Kier alpha value is -1.38. The lowest BCUT2D eigenvalue weighted by atomic mass is 9.69. The fraction of sp³-hybridized carbons (Fsp3) is 0.455. The highest BCUT2D eigenvalue weighted by Crippen LogP contribution is 2.56. The molecule has 1 aliphatic carbocycles. The van der Waals surface area contributed by atoms with Crippen LogP contribution in [-0.2, 0) is 11.8 Å². The van der Waals surface area contributed by atoms with Crippen LogP contribution in [0.1, 0.15) is 107 Å². The summed E-state index contributed by atoms with van der Waals surface area (Å²) in [6.07, 6.45) is 15.5. The average molecular weight is 596 g/mol. The number of unbranched alkanes of at least 4 members (excludes halogenated alkanes) is 8. The lowest BCUT2D eigenvalue weighted by Gasteiger charge is -2.34. The summed E-state index contributed by atoms with van der Waals surface area (Å²) >= 11 is 7.63. The maximum absolute atomic E-state index is 3.81. The Labute approximate surface area is 230 Å². The highest BCUT2D eigenvalue weighted by molar-refractivity contribution is 9.10. The first-order chi connectivity index (χ1) is 17.1. The van der Waals surface area contributed by atoms with Gasteiger partial charge in [0.05, 0.1) is 0 Å². The molecule has 0 unspecified atom stereocenters. The summed E-state index contributed by atoms with van der Waals surface area (Å²) in [6, 6.07) is 23.4. The van der Waals surface area contributed by atoms with Gasteiger partial charge in [0.1, 0.15) is 0 Å². The van der Waals surface area contributed by atoms with Gasteiger partial charge in [0, 0.05) is 14.4 Å². The predicted molar refractivity (Wildman–Crippen MR) is 159 cm³/mol. The molecule has 0 saturated heterocycles. The Morgan fingerprint density at radius 2 is 1.17 bits per heavy atom. The molecule has 0 saturated carbocycles. The van der Waals surface area contributed by atoms with E-state index in [0.717, 1.165) is 6.42 Å². The largest absolute Gasteiger partial charge is 0.0654 e. The van der Waals surface area contributed by atoms with E-state index in [2.05, 4.69) is 106 Å². The van der Waals surface area contributed by atoms with Crippen LogP contribution in [0.25, 0.3) is 11.1 Å². The van der Waals surface area contributed by atoms with Crippen molar-refractivity contribution in [3.8, 4) is 11.1 Å². The molecule has 0 N–H and O–H groups in total. The topological polar surface area (TPSA) is 0 Å². The van der Waals surface area contributed by atoms with Gasteiger partial charge in [-0.05, 0) is 76.9 Å². The van der Waals surface area contributed by atoms with E-state index in [9.17, 15) is 0 Å². The van der Waals surface area contributed by atoms with Crippen molar-refractivity contribution in [3.63, 3.8) is 0 Å². The Kier molecular flexibility index (Phi) is 9.70. The van der Waals surface area contributed by atoms with Gasteiger partial charge in [-0.3, -0.25) is 0 Å². The molecule has 2 heteroatoms. The van der Waals surface area contributed by atoms with Gasteiger partial charge in [0.25, 0.3) is 0 Å². The molecule has 35 heavy (non-hydrogen) atoms. The molecule has 0 spiro atoms. The first kappa shape index (κ1) is 26.7. The third-order valence-corrected chi connectivity index (χ3v) is 8.80. The number of benzene rings is 3. The summed E-state index contributed by atoms with van der Waals surface area (Å²) in [5.41, 5.74) is 8.59. The number of rotatable bonds is 13. The molecule has 0 nitrogen and oxygen atoms in total. The van der Waals surface area contributed by atoms with Crippen molar-refractivity contribution in [1.82, 2.24) is 0 Å². The lowest BCUT2D eigenvalue weighted by Crippen LogP contribution is -2.27. The molecule has 0 heterocycles. The smallest absolute Gasteiger partial charge is 0.0464 e. The van der Waals surface area contributed by atoms with Crippen molar-refractivity contribution >= 4 is 31.9 Å². The molecule has 186 valence electrons. The van der Waals surface area contributed by atoms with Crippen LogP contribution in [0.3, 0.4) is 0 Å². The van der Waals surface area contributed by atoms with Crippen LogP contribution >= 0.6 is 31.9 Å². The maximum Gasteiger partial charge on any atom is 0.0464 e. The van der Waals surface area contributed by atoms with Crippen LogP contribution < -0.4 is 0 Å². The predicted octanol–water partition coefficient (Wildman–Crippen LogP) is 11.4. The van der Waals surface area contributed by atoms with Crippen LogP contribution in [0, 0.1) is 0 Å². The molecular formula is C33H40Br2. The Balaban J connectivity index is 1.77. The SMILES string of the molecule is CCCCCCCCC1(c2cccc(CCCCCC)c2)c2cc(Br)ccc2-c2ccc(Br)cc21. The zero-order valence-electron chi connectivity index (χ0n) is 21.5. The summed E-state index contributed by atoms with van der Waals surface area (Å²) in [6.45, 7) is 4.59. The van der Waals surface area contributed by atoms with E-state index in [-0.39, 0.29) is 5.41 Å². The molecule has 0 amide bonds. The van der Waals surface area contributed by atoms with E-state index in [1.807, 2.05) is 0 Å². The molecule has 0 aromatic heterocycles. The van der Waals surface area contributed by atoms with Crippen molar-refractivity contribution in [2.75, 3.05) is 0 Å². The monoisotopic (exact) mass is 594 g/mol. The van der Waals surface area contributed by atoms with Crippen molar-refractivity contribution in [1.29, 1.82) is 0 Å². The van der Waals surface area contributed by atoms with Crippen LogP contribution in [0.5, 0.6) is 0 Å². The molecule has 0 bridgehead atoms. The normalized spacial score (nSPS) is 13.6. The Morgan fingerprint density at radius 1 is 0.600 bits per heavy atom. The van der Waals surface area contributed by atoms with Crippen LogP contribution in [-0.4, -0.2) is 0 Å². The number of hydrogen-bond donors (Lipinski definition) is 0. The highest BCUT2D eigenvalue weighted by Gasteiger charge is 2.44. The Morgan fingerprint density at radius 3 is 1.80 bits per heavy atom. The molecule has 3 aromatic carbocycles. The standard InChI is InChI=1S/C33H40Br2/c1-3-5-7-9-10-12-21-33(26-16-13-15-25(22-26)14-11-8-6-4-2)31-23-27(34)17-19-29(31)30-20-18-28(35)24-32(30)33/h13,15-20,22-24H,3-12,14,21H2,1-2H3. The minimum atomic E-state index is -0.0948. The van der Waals surface area contributed by atoms with E-state index in [0.29, 0.717) is 0 Å². The summed E-state index contributed by atoms with van der Waals surface area (Å²) in [5.74, 6) is 0.